The van der Waals surface area contributed by atoms with Crippen LogP contribution < -0.4 is 4.90 Å². The highest BCUT2D eigenvalue weighted by molar-refractivity contribution is 6.00. The van der Waals surface area contributed by atoms with Crippen LogP contribution in [0.5, 0.6) is 0 Å². The van der Waals surface area contributed by atoms with Crippen LogP contribution in [0.2, 0.25) is 0 Å². The number of rotatable bonds is 4. The molecule has 1 atom stereocenters. The third kappa shape index (κ3) is 3.63. The summed E-state index contributed by atoms with van der Waals surface area (Å²) >= 11 is 0. The number of nitrogens with one attached hydrogen (secondary N) is 1. The Morgan fingerprint density at radius 2 is 1.91 bits per heavy atom. The molecule has 2 amide bonds. The van der Waals surface area contributed by atoms with Gasteiger partial charge in [-0.25, -0.2) is 9.97 Å². The number of aryl methyl sites for hydroxylation is 2. The van der Waals surface area contributed by atoms with Crippen molar-refractivity contribution < 1.29 is 9.59 Å². The molecule has 8 nitrogen and oxygen atoms in total. The topological polar surface area (TPSA) is 95.1 Å². The van der Waals surface area contributed by atoms with Gasteiger partial charge in [-0.15, -0.1) is 0 Å². The molecule has 1 N–H and O–H groups in total. The second-order valence-electron chi connectivity index (χ2n) is 10.3. The van der Waals surface area contributed by atoms with E-state index in [1.165, 1.54) is 32.1 Å². The number of amides is 2. The van der Waals surface area contributed by atoms with Gasteiger partial charge in [0, 0.05) is 48.1 Å². The zero-order valence-corrected chi connectivity index (χ0v) is 19.4. The van der Waals surface area contributed by atoms with Gasteiger partial charge in [-0.05, 0) is 51.4 Å². The van der Waals surface area contributed by atoms with Crippen LogP contribution in [0.3, 0.4) is 0 Å². The number of H-pyrrole nitrogens is 1. The van der Waals surface area contributed by atoms with Crippen LogP contribution in [-0.2, 0) is 24.1 Å². The first-order chi connectivity index (χ1) is 16.1. The number of hydrogen-bond acceptors (Lipinski definition) is 5. The Bertz CT molecular complexity index is 1100. The van der Waals surface area contributed by atoms with Crippen LogP contribution in [0.15, 0.2) is 0 Å². The minimum atomic E-state index is 0.0175. The average molecular weight is 449 g/mol. The fourth-order valence-electron chi connectivity index (χ4n) is 6.20. The van der Waals surface area contributed by atoms with Crippen molar-refractivity contribution in [3.05, 3.63) is 34.0 Å². The van der Waals surface area contributed by atoms with E-state index in [1.807, 2.05) is 16.7 Å². The SMILES string of the molecule is Cc1nc(C2CCN(C(=O)c3n[nH]c4c3CCC4)C2)nc2c1CC(=O)N2CC1CCCCC1. The summed E-state index contributed by atoms with van der Waals surface area (Å²) in [5.41, 5.74) is 4.71. The number of carbonyl (C=O) groups is 2. The van der Waals surface area contributed by atoms with Crippen LogP contribution in [0.1, 0.15) is 89.7 Å². The Hall–Kier alpha value is -2.77. The summed E-state index contributed by atoms with van der Waals surface area (Å²) in [7, 11) is 0. The van der Waals surface area contributed by atoms with Crippen molar-refractivity contribution in [1.82, 2.24) is 25.1 Å². The molecule has 33 heavy (non-hydrogen) atoms. The summed E-state index contributed by atoms with van der Waals surface area (Å²) in [6.45, 7) is 4.07. The minimum absolute atomic E-state index is 0.0175. The third-order valence-corrected chi connectivity index (χ3v) is 8.11. The van der Waals surface area contributed by atoms with E-state index in [4.69, 9.17) is 9.97 Å². The number of aromatic nitrogens is 4. The number of likely N-dealkylation sites (tertiary alicyclic amines) is 1. The van der Waals surface area contributed by atoms with Gasteiger partial charge in [0.1, 0.15) is 11.6 Å². The maximum Gasteiger partial charge on any atom is 0.274 e. The summed E-state index contributed by atoms with van der Waals surface area (Å²) in [6.07, 6.45) is 10.5. The first-order valence-electron chi connectivity index (χ1n) is 12.6. The molecule has 2 aliphatic heterocycles. The van der Waals surface area contributed by atoms with Crippen molar-refractivity contribution in [1.29, 1.82) is 0 Å². The lowest BCUT2D eigenvalue weighted by molar-refractivity contribution is -0.117. The van der Waals surface area contributed by atoms with Crippen molar-refractivity contribution in [2.75, 3.05) is 24.5 Å². The van der Waals surface area contributed by atoms with Crippen LogP contribution in [-0.4, -0.2) is 56.5 Å². The monoisotopic (exact) mass is 448 g/mol. The summed E-state index contributed by atoms with van der Waals surface area (Å²) in [6, 6.07) is 0. The Kier molecular flexibility index (Phi) is 5.18. The highest BCUT2D eigenvalue weighted by atomic mass is 16.2. The molecule has 2 fully saturated rings. The summed E-state index contributed by atoms with van der Waals surface area (Å²) < 4.78 is 0. The van der Waals surface area contributed by atoms with Gasteiger partial charge in [0.15, 0.2) is 5.69 Å². The molecule has 2 aromatic rings. The second-order valence-corrected chi connectivity index (χ2v) is 10.3. The molecule has 0 bridgehead atoms. The van der Waals surface area contributed by atoms with Gasteiger partial charge in [0.2, 0.25) is 5.91 Å². The van der Waals surface area contributed by atoms with Crippen molar-refractivity contribution in [2.45, 2.75) is 77.0 Å². The van der Waals surface area contributed by atoms with Crippen molar-refractivity contribution in [3.8, 4) is 0 Å². The van der Waals surface area contributed by atoms with Gasteiger partial charge in [0.25, 0.3) is 5.91 Å². The fraction of sp³-hybridized carbons (Fsp3) is 0.640. The summed E-state index contributed by atoms with van der Waals surface area (Å²) in [5, 5.41) is 7.38. The Labute approximate surface area is 194 Å². The Morgan fingerprint density at radius 3 is 2.76 bits per heavy atom. The number of aromatic amines is 1. The predicted octanol–water partition coefficient (Wildman–Crippen LogP) is 3.10. The van der Waals surface area contributed by atoms with Crippen molar-refractivity contribution in [3.63, 3.8) is 0 Å². The Balaban J connectivity index is 1.21. The second kappa shape index (κ2) is 8.22. The maximum absolute atomic E-state index is 13.2. The number of anilines is 1. The van der Waals surface area contributed by atoms with E-state index in [9.17, 15) is 9.59 Å². The molecule has 8 heteroatoms. The smallest absolute Gasteiger partial charge is 0.274 e. The van der Waals surface area contributed by atoms with E-state index in [0.717, 1.165) is 66.4 Å². The quantitative estimate of drug-likeness (QED) is 0.776. The number of hydrogen-bond donors (Lipinski definition) is 1. The molecule has 2 aromatic heterocycles. The van der Waals surface area contributed by atoms with Crippen molar-refractivity contribution in [2.24, 2.45) is 5.92 Å². The molecule has 1 saturated carbocycles. The highest BCUT2D eigenvalue weighted by Gasteiger charge is 2.37. The van der Waals surface area contributed by atoms with Gasteiger partial charge in [-0.3, -0.25) is 19.6 Å². The molecule has 1 unspecified atom stereocenters. The molecule has 2 aliphatic carbocycles. The largest absolute Gasteiger partial charge is 0.336 e. The molecular weight excluding hydrogens is 416 g/mol. The number of carbonyl (C=O) groups excluding carboxylic acids is 2. The molecule has 4 aliphatic rings. The first-order valence-corrected chi connectivity index (χ1v) is 12.6. The lowest BCUT2D eigenvalue weighted by Gasteiger charge is -2.27. The normalized spacial score (nSPS) is 22.8. The molecule has 4 heterocycles. The van der Waals surface area contributed by atoms with Gasteiger partial charge < -0.3 is 4.90 Å². The standard InChI is InChI=1S/C25H32N6O2/c1-15-19-12-21(32)31(13-16-6-3-2-4-7-16)24(19)27-23(26-15)17-10-11-30(14-17)25(33)22-18-8-5-9-20(18)28-29-22/h16-17H,2-14H2,1H3,(H,28,29). The predicted molar refractivity (Wildman–Crippen MR) is 123 cm³/mol. The third-order valence-electron chi connectivity index (χ3n) is 8.11. The molecule has 0 spiro atoms. The van der Waals surface area contributed by atoms with Gasteiger partial charge in [0.05, 0.1) is 6.42 Å². The van der Waals surface area contributed by atoms with E-state index in [1.54, 1.807) is 0 Å². The average Bonchev–Trinajstić information content (AvgIpc) is 3.59. The number of nitrogens with zero attached hydrogens (tertiary/aromatic N) is 5. The molecular formula is C25H32N6O2. The highest BCUT2D eigenvalue weighted by Crippen LogP contribution is 2.35. The van der Waals surface area contributed by atoms with Crippen LogP contribution in [0, 0.1) is 12.8 Å². The van der Waals surface area contributed by atoms with Crippen LogP contribution in [0.25, 0.3) is 0 Å². The lowest BCUT2D eigenvalue weighted by Crippen LogP contribution is -2.33. The summed E-state index contributed by atoms with van der Waals surface area (Å²) in [4.78, 5) is 39.6. The van der Waals surface area contributed by atoms with E-state index in [2.05, 4.69) is 10.2 Å². The van der Waals surface area contributed by atoms with Crippen molar-refractivity contribution >= 4 is 17.6 Å². The zero-order valence-electron chi connectivity index (χ0n) is 19.4. The summed E-state index contributed by atoms with van der Waals surface area (Å²) in [5.74, 6) is 2.43. The van der Waals surface area contributed by atoms with E-state index in [-0.39, 0.29) is 17.7 Å². The molecule has 0 radical (unpaired) electrons. The molecule has 174 valence electrons. The van der Waals surface area contributed by atoms with Gasteiger partial charge >= 0.3 is 0 Å². The van der Waals surface area contributed by atoms with Gasteiger partial charge in [-0.1, -0.05) is 19.3 Å². The number of fused-ring (bicyclic) bond motifs is 2. The minimum Gasteiger partial charge on any atom is -0.336 e. The zero-order chi connectivity index (χ0) is 22.5. The Morgan fingerprint density at radius 1 is 1.06 bits per heavy atom. The van der Waals surface area contributed by atoms with E-state index >= 15 is 0 Å². The van der Waals surface area contributed by atoms with E-state index in [0.29, 0.717) is 31.1 Å². The first kappa shape index (κ1) is 20.8. The molecule has 6 rings (SSSR count). The lowest BCUT2D eigenvalue weighted by atomic mass is 9.89. The van der Waals surface area contributed by atoms with Crippen LogP contribution >= 0.6 is 0 Å². The molecule has 1 saturated heterocycles. The van der Waals surface area contributed by atoms with Gasteiger partial charge in [-0.2, -0.15) is 5.10 Å². The maximum atomic E-state index is 13.2. The van der Waals surface area contributed by atoms with Crippen LogP contribution in [0.4, 0.5) is 5.82 Å². The molecule has 0 aromatic carbocycles. The van der Waals surface area contributed by atoms with E-state index < -0.39 is 0 Å². The fourth-order valence-corrected chi connectivity index (χ4v) is 6.20.